The van der Waals surface area contributed by atoms with E-state index in [1.165, 1.54) is 16.2 Å². The summed E-state index contributed by atoms with van der Waals surface area (Å²) in [6.45, 7) is 7.30. The van der Waals surface area contributed by atoms with Gasteiger partial charge in [-0.05, 0) is 31.0 Å². The minimum absolute atomic E-state index is 0.288. The number of likely N-dealkylation sites (N-methyl/N-ethyl adjacent to an activating group) is 1. The lowest BCUT2D eigenvalue weighted by atomic mass is 10.2. The molecule has 4 rings (SSSR count). The van der Waals surface area contributed by atoms with Crippen molar-refractivity contribution in [2.24, 2.45) is 5.92 Å². The average Bonchev–Trinajstić information content (AvgIpc) is 3.32. The van der Waals surface area contributed by atoms with E-state index in [0.717, 1.165) is 22.5 Å². The summed E-state index contributed by atoms with van der Waals surface area (Å²) in [6.07, 6.45) is -0.288. The van der Waals surface area contributed by atoms with E-state index in [2.05, 4.69) is 18.9 Å². The Morgan fingerprint density at radius 3 is 2.81 bits per heavy atom. The average molecular weight is 458 g/mol. The predicted octanol–water partition coefficient (Wildman–Crippen LogP) is 3.52. The maximum Gasteiger partial charge on any atom is 0.348 e. The number of carbonyl (C=O) groups is 2. The van der Waals surface area contributed by atoms with Gasteiger partial charge in [0, 0.05) is 19.0 Å². The summed E-state index contributed by atoms with van der Waals surface area (Å²) in [7, 11) is 1.66. The van der Waals surface area contributed by atoms with Crippen LogP contribution in [0.25, 0.3) is 10.2 Å². The van der Waals surface area contributed by atoms with E-state index in [1.54, 1.807) is 13.1 Å². The van der Waals surface area contributed by atoms with Gasteiger partial charge in [-0.3, -0.25) is 9.48 Å². The molecule has 8 nitrogen and oxygen atoms in total. The van der Waals surface area contributed by atoms with Crippen molar-refractivity contribution in [3.63, 3.8) is 0 Å². The minimum atomic E-state index is -0.505. The molecule has 1 aromatic carbocycles. The molecule has 1 unspecified atom stereocenters. The number of nitrogens with zero attached hydrogens (tertiary/aromatic N) is 3. The van der Waals surface area contributed by atoms with Gasteiger partial charge in [-0.25, -0.2) is 4.79 Å². The van der Waals surface area contributed by atoms with E-state index in [-0.39, 0.29) is 18.6 Å². The highest BCUT2D eigenvalue weighted by atomic mass is 32.1. The molecule has 32 heavy (non-hydrogen) atoms. The number of ether oxygens (including phenoxy) is 3. The third kappa shape index (κ3) is 4.72. The van der Waals surface area contributed by atoms with Crippen LogP contribution in [0.4, 0.5) is 0 Å². The third-order valence-electron chi connectivity index (χ3n) is 5.14. The topological polar surface area (TPSA) is 82.9 Å². The van der Waals surface area contributed by atoms with Crippen LogP contribution in [0.15, 0.2) is 30.3 Å². The fourth-order valence-electron chi connectivity index (χ4n) is 3.55. The lowest BCUT2D eigenvalue weighted by molar-refractivity contribution is -0.134. The van der Waals surface area contributed by atoms with Crippen molar-refractivity contribution in [1.82, 2.24) is 14.7 Å². The first-order valence-corrected chi connectivity index (χ1v) is 11.4. The molecule has 0 N–H and O–H groups in total. The quantitative estimate of drug-likeness (QED) is 0.505. The van der Waals surface area contributed by atoms with Gasteiger partial charge in [-0.1, -0.05) is 26.0 Å². The first-order chi connectivity index (χ1) is 15.3. The van der Waals surface area contributed by atoms with Crippen LogP contribution in [0.5, 0.6) is 11.5 Å². The van der Waals surface area contributed by atoms with Gasteiger partial charge in [0.15, 0.2) is 24.2 Å². The van der Waals surface area contributed by atoms with Crippen LogP contribution in [0, 0.1) is 12.8 Å². The van der Waals surface area contributed by atoms with E-state index < -0.39 is 5.97 Å². The number of rotatable bonds is 7. The van der Waals surface area contributed by atoms with Gasteiger partial charge in [-0.2, -0.15) is 5.10 Å². The molecule has 1 aliphatic rings. The molecule has 1 atom stereocenters. The Balaban J connectivity index is 1.32. The van der Waals surface area contributed by atoms with Crippen LogP contribution in [0.2, 0.25) is 0 Å². The molecule has 0 bridgehead atoms. The number of para-hydroxylation sites is 2. The molecule has 170 valence electrons. The molecule has 0 saturated heterocycles. The van der Waals surface area contributed by atoms with Crippen molar-refractivity contribution in [2.45, 2.75) is 33.4 Å². The predicted molar refractivity (Wildman–Crippen MR) is 121 cm³/mol. The number of esters is 1. The SMILES string of the molecule is Cc1nn(CC(C)C)c2sc(C(=O)OCC(=O)N(C)CC3COc4ccccc4O3)cc12. The van der Waals surface area contributed by atoms with Crippen molar-refractivity contribution < 1.29 is 23.8 Å². The molecule has 3 heterocycles. The summed E-state index contributed by atoms with van der Waals surface area (Å²) < 4.78 is 18.8. The lowest BCUT2D eigenvalue weighted by Crippen LogP contribution is -2.43. The van der Waals surface area contributed by atoms with Gasteiger partial charge in [0.2, 0.25) is 0 Å². The summed E-state index contributed by atoms with van der Waals surface area (Å²) in [6, 6.07) is 9.22. The Labute approximate surface area is 190 Å². The number of thiophene rings is 1. The zero-order valence-corrected chi connectivity index (χ0v) is 19.5. The van der Waals surface area contributed by atoms with Crippen molar-refractivity contribution >= 4 is 33.4 Å². The first-order valence-electron chi connectivity index (χ1n) is 10.6. The number of hydrogen-bond donors (Lipinski definition) is 0. The highest BCUT2D eigenvalue weighted by molar-refractivity contribution is 7.20. The number of aromatic nitrogens is 2. The van der Waals surface area contributed by atoms with E-state index in [9.17, 15) is 9.59 Å². The normalized spacial score (nSPS) is 15.2. The molecular weight excluding hydrogens is 430 g/mol. The van der Waals surface area contributed by atoms with E-state index in [0.29, 0.717) is 35.4 Å². The second-order valence-electron chi connectivity index (χ2n) is 8.34. The minimum Gasteiger partial charge on any atom is -0.486 e. The fourth-order valence-corrected chi connectivity index (χ4v) is 4.62. The molecule has 0 saturated carbocycles. The van der Waals surface area contributed by atoms with E-state index in [4.69, 9.17) is 14.2 Å². The van der Waals surface area contributed by atoms with Gasteiger partial charge >= 0.3 is 5.97 Å². The summed E-state index contributed by atoms with van der Waals surface area (Å²) in [5, 5.41) is 5.49. The van der Waals surface area contributed by atoms with Crippen LogP contribution in [-0.4, -0.2) is 59.5 Å². The second kappa shape index (κ2) is 9.20. The Bertz CT molecular complexity index is 1140. The summed E-state index contributed by atoms with van der Waals surface area (Å²) in [4.78, 5) is 27.9. The number of carbonyl (C=O) groups excluding carboxylic acids is 2. The molecule has 0 spiro atoms. The van der Waals surface area contributed by atoms with Gasteiger partial charge in [0.25, 0.3) is 5.91 Å². The molecular formula is C23H27N3O5S. The molecule has 1 amide bonds. The van der Waals surface area contributed by atoms with Gasteiger partial charge < -0.3 is 19.1 Å². The zero-order valence-electron chi connectivity index (χ0n) is 18.7. The Morgan fingerprint density at radius 1 is 1.31 bits per heavy atom. The highest BCUT2D eigenvalue weighted by Crippen LogP contribution is 2.31. The summed E-state index contributed by atoms with van der Waals surface area (Å²) >= 11 is 1.34. The van der Waals surface area contributed by atoms with Crippen molar-refractivity contribution in [3.05, 3.63) is 40.9 Å². The number of hydrogen-bond acceptors (Lipinski definition) is 7. The number of amides is 1. The monoisotopic (exact) mass is 457 g/mol. The van der Waals surface area contributed by atoms with E-state index >= 15 is 0 Å². The van der Waals surface area contributed by atoms with Crippen molar-refractivity contribution in [1.29, 1.82) is 0 Å². The first kappa shape index (κ1) is 22.1. The molecule has 9 heteroatoms. The molecule has 0 fully saturated rings. The van der Waals surface area contributed by atoms with Gasteiger partial charge in [0.05, 0.1) is 12.2 Å². The lowest BCUT2D eigenvalue weighted by Gasteiger charge is -2.29. The molecule has 3 aromatic rings. The maximum absolute atomic E-state index is 12.6. The highest BCUT2D eigenvalue weighted by Gasteiger charge is 2.25. The van der Waals surface area contributed by atoms with Crippen LogP contribution < -0.4 is 9.47 Å². The Hall–Kier alpha value is -3.07. The Kier molecular flexibility index (Phi) is 6.36. The molecule has 1 aliphatic heterocycles. The fraction of sp³-hybridized carbons (Fsp3) is 0.435. The second-order valence-corrected chi connectivity index (χ2v) is 9.37. The number of aryl methyl sites for hydroxylation is 1. The zero-order chi connectivity index (χ0) is 22.8. The van der Waals surface area contributed by atoms with Crippen molar-refractivity contribution in [3.8, 4) is 11.5 Å². The smallest absolute Gasteiger partial charge is 0.348 e. The molecule has 0 radical (unpaired) electrons. The van der Waals surface area contributed by atoms with Gasteiger partial charge in [-0.15, -0.1) is 11.3 Å². The van der Waals surface area contributed by atoms with Crippen LogP contribution >= 0.6 is 11.3 Å². The van der Waals surface area contributed by atoms with E-state index in [1.807, 2.05) is 35.9 Å². The standard InChI is InChI=1S/C23H27N3O5S/c1-14(2)10-26-22-17(15(3)24-26)9-20(32-22)23(28)30-13-21(27)25(4)11-16-12-29-18-7-5-6-8-19(18)31-16/h5-9,14,16H,10-13H2,1-4H3. The van der Waals surface area contributed by atoms with Crippen molar-refractivity contribution in [2.75, 3.05) is 26.8 Å². The van der Waals surface area contributed by atoms with Crippen LogP contribution in [0.1, 0.15) is 29.2 Å². The van der Waals surface area contributed by atoms with Crippen LogP contribution in [0.3, 0.4) is 0 Å². The van der Waals surface area contributed by atoms with Crippen LogP contribution in [-0.2, 0) is 16.1 Å². The maximum atomic E-state index is 12.6. The largest absolute Gasteiger partial charge is 0.486 e. The third-order valence-corrected chi connectivity index (χ3v) is 6.27. The number of fused-ring (bicyclic) bond motifs is 2. The summed E-state index contributed by atoms with van der Waals surface area (Å²) in [5.41, 5.74) is 0.878. The Morgan fingerprint density at radius 2 is 2.06 bits per heavy atom. The summed E-state index contributed by atoms with van der Waals surface area (Å²) in [5.74, 6) is 0.989. The molecule has 0 aliphatic carbocycles. The van der Waals surface area contributed by atoms with Gasteiger partial charge in [0.1, 0.15) is 16.3 Å². The molecule has 2 aromatic heterocycles. The number of benzene rings is 1.